The Morgan fingerprint density at radius 1 is 1.12 bits per heavy atom. The lowest BCUT2D eigenvalue weighted by atomic mass is 9.85. The molecule has 0 amide bonds. The van der Waals surface area contributed by atoms with E-state index in [1.54, 1.807) is 0 Å². The lowest BCUT2D eigenvalue weighted by Crippen LogP contribution is -2.51. The summed E-state index contributed by atoms with van der Waals surface area (Å²) in [6, 6.07) is 1.35. The number of morpholine rings is 1. The molecule has 2 N–H and O–H groups in total. The molecule has 0 bridgehead atoms. The van der Waals surface area contributed by atoms with E-state index < -0.39 is 0 Å². The molecule has 0 aromatic carbocycles. The molecule has 1 heterocycles. The van der Waals surface area contributed by atoms with Crippen molar-refractivity contribution in [3.63, 3.8) is 0 Å². The Kier molecular flexibility index (Phi) is 3.99. The van der Waals surface area contributed by atoms with Crippen molar-refractivity contribution in [3.8, 4) is 0 Å². The van der Waals surface area contributed by atoms with Crippen LogP contribution in [-0.2, 0) is 4.74 Å². The third-order valence-corrected chi connectivity index (χ3v) is 4.93. The fourth-order valence-corrected chi connectivity index (χ4v) is 3.60. The van der Waals surface area contributed by atoms with E-state index in [0.29, 0.717) is 6.04 Å². The van der Waals surface area contributed by atoms with Gasteiger partial charge in [0.1, 0.15) is 0 Å². The number of hydrogen-bond acceptors (Lipinski definition) is 3. The molecule has 3 rings (SSSR count). The molecular weight excluding hydrogens is 212 g/mol. The van der Waals surface area contributed by atoms with Crippen molar-refractivity contribution in [2.75, 3.05) is 26.3 Å². The van der Waals surface area contributed by atoms with Gasteiger partial charge in [-0.15, -0.1) is 0 Å². The topological polar surface area (TPSA) is 33.3 Å². The van der Waals surface area contributed by atoms with Gasteiger partial charge in [-0.1, -0.05) is 12.8 Å². The summed E-state index contributed by atoms with van der Waals surface area (Å²) in [6.45, 7) is 4.11. The lowest BCUT2D eigenvalue weighted by Gasteiger charge is -2.34. The Labute approximate surface area is 105 Å². The lowest BCUT2D eigenvalue weighted by molar-refractivity contribution is 0.0519. The maximum absolute atomic E-state index is 5.61. The van der Waals surface area contributed by atoms with Gasteiger partial charge in [0.2, 0.25) is 0 Å². The van der Waals surface area contributed by atoms with Crippen LogP contribution in [0.2, 0.25) is 0 Å². The van der Waals surface area contributed by atoms with E-state index >= 15 is 0 Å². The fourth-order valence-electron chi connectivity index (χ4n) is 3.60. The molecule has 2 aliphatic carbocycles. The van der Waals surface area contributed by atoms with Crippen molar-refractivity contribution < 1.29 is 4.74 Å². The van der Waals surface area contributed by atoms with Crippen molar-refractivity contribution in [2.45, 2.75) is 50.6 Å². The van der Waals surface area contributed by atoms with Gasteiger partial charge in [0, 0.05) is 18.6 Å². The van der Waals surface area contributed by atoms with Crippen LogP contribution in [0.3, 0.4) is 0 Å². The van der Waals surface area contributed by atoms with Gasteiger partial charge < -0.3 is 15.4 Å². The van der Waals surface area contributed by atoms with Crippen molar-refractivity contribution in [3.05, 3.63) is 0 Å². The number of nitrogens with one attached hydrogen (secondary N) is 2. The first kappa shape index (κ1) is 11.9. The molecule has 0 aromatic heterocycles. The average molecular weight is 238 g/mol. The first-order chi connectivity index (χ1) is 8.43. The van der Waals surface area contributed by atoms with Gasteiger partial charge in [-0.2, -0.15) is 0 Å². The predicted octanol–water partition coefficient (Wildman–Crippen LogP) is 1.53. The molecule has 3 atom stereocenters. The molecule has 3 nitrogen and oxygen atoms in total. The second-order valence-corrected chi connectivity index (χ2v) is 6.04. The number of ether oxygens (including phenoxy) is 1. The summed E-state index contributed by atoms with van der Waals surface area (Å²) in [5.41, 5.74) is 0. The van der Waals surface area contributed by atoms with Gasteiger partial charge in [-0.05, 0) is 44.1 Å². The molecule has 3 unspecified atom stereocenters. The number of rotatable bonds is 4. The minimum absolute atomic E-state index is 0.602. The molecule has 1 saturated heterocycles. The van der Waals surface area contributed by atoms with Crippen LogP contribution in [0.15, 0.2) is 0 Å². The minimum atomic E-state index is 0.602. The minimum Gasteiger partial charge on any atom is -0.379 e. The smallest absolute Gasteiger partial charge is 0.0623 e. The van der Waals surface area contributed by atoms with Crippen molar-refractivity contribution in [1.29, 1.82) is 0 Å². The van der Waals surface area contributed by atoms with Crippen molar-refractivity contribution >= 4 is 0 Å². The summed E-state index contributed by atoms with van der Waals surface area (Å²) >= 11 is 0. The highest BCUT2D eigenvalue weighted by molar-refractivity contribution is 4.92. The third-order valence-electron chi connectivity index (χ3n) is 4.93. The van der Waals surface area contributed by atoms with E-state index in [0.717, 1.165) is 37.6 Å². The van der Waals surface area contributed by atoms with Crippen LogP contribution in [0.25, 0.3) is 0 Å². The zero-order valence-electron chi connectivity index (χ0n) is 10.8. The van der Waals surface area contributed by atoms with Crippen LogP contribution in [0, 0.1) is 11.8 Å². The zero-order chi connectivity index (χ0) is 11.5. The van der Waals surface area contributed by atoms with Crippen molar-refractivity contribution in [1.82, 2.24) is 10.6 Å². The largest absolute Gasteiger partial charge is 0.379 e. The molecule has 0 aromatic rings. The van der Waals surface area contributed by atoms with E-state index in [2.05, 4.69) is 10.6 Å². The summed E-state index contributed by atoms with van der Waals surface area (Å²) in [4.78, 5) is 0. The predicted molar refractivity (Wildman–Crippen MR) is 69.1 cm³/mol. The SMILES string of the molecule is C1CC(CNC2CCCC2C2COCCN2)C1. The quantitative estimate of drug-likeness (QED) is 0.779. The van der Waals surface area contributed by atoms with Gasteiger partial charge in [0.25, 0.3) is 0 Å². The fraction of sp³-hybridized carbons (Fsp3) is 1.00. The molecule has 3 heteroatoms. The first-order valence-corrected chi connectivity index (χ1v) is 7.48. The number of hydrogen-bond donors (Lipinski definition) is 2. The Morgan fingerprint density at radius 2 is 2.00 bits per heavy atom. The second kappa shape index (κ2) is 5.68. The zero-order valence-corrected chi connectivity index (χ0v) is 10.8. The van der Waals surface area contributed by atoms with Gasteiger partial charge in [-0.3, -0.25) is 0 Å². The molecular formula is C14H26N2O. The highest BCUT2D eigenvalue weighted by atomic mass is 16.5. The monoisotopic (exact) mass is 238 g/mol. The Bertz CT molecular complexity index is 236. The Hall–Kier alpha value is -0.120. The van der Waals surface area contributed by atoms with Crippen LogP contribution < -0.4 is 10.6 Å². The van der Waals surface area contributed by atoms with Crippen LogP contribution in [0.4, 0.5) is 0 Å². The van der Waals surface area contributed by atoms with E-state index in [4.69, 9.17) is 4.74 Å². The third kappa shape index (κ3) is 2.83. The summed E-state index contributed by atoms with van der Waals surface area (Å²) in [5.74, 6) is 1.78. The summed E-state index contributed by atoms with van der Waals surface area (Å²) < 4.78 is 5.61. The maximum atomic E-state index is 5.61. The van der Waals surface area contributed by atoms with E-state index in [9.17, 15) is 0 Å². The van der Waals surface area contributed by atoms with E-state index in [1.165, 1.54) is 45.1 Å². The molecule has 1 aliphatic heterocycles. The second-order valence-electron chi connectivity index (χ2n) is 6.04. The maximum Gasteiger partial charge on any atom is 0.0623 e. The molecule has 3 aliphatic rings. The van der Waals surface area contributed by atoms with Gasteiger partial charge in [0.15, 0.2) is 0 Å². The first-order valence-electron chi connectivity index (χ1n) is 7.48. The van der Waals surface area contributed by atoms with Crippen LogP contribution in [-0.4, -0.2) is 38.4 Å². The standard InChI is InChI=1S/C14H26N2O/c1-3-11(4-1)9-16-13-6-2-5-12(13)14-10-17-8-7-15-14/h11-16H,1-10H2. The van der Waals surface area contributed by atoms with Crippen LogP contribution in [0.1, 0.15) is 38.5 Å². The van der Waals surface area contributed by atoms with Crippen LogP contribution in [0.5, 0.6) is 0 Å². The Balaban J connectivity index is 1.47. The summed E-state index contributed by atoms with van der Waals surface area (Å²) in [5, 5.41) is 7.48. The summed E-state index contributed by atoms with van der Waals surface area (Å²) in [6.07, 6.45) is 8.51. The highest BCUT2D eigenvalue weighted by Gasteiger charge is 2.34. The Morgan fingerprint density at radius 3 is 2.71 bits per heavy atom. The molecule has 0 radical (unpaired) electrons. The molecule has 3 fully saturated rings. The van der Waals surface area contributed by atoms with Gasteiger partial charge in [-0.25, -0.2) is 0 Å². The molecule has 98 valence electrons. The van der Waals surface area contributed by atoms with Gasteiger partial charge in [0.05, 0.1) is 13.2 Å². The average Bonchev–Trinajstić information content (AvgIpc) is 2.76. The van der Waals surface area contributed by atoms with Crippen LogP contribution >= 0.6 is 0 Å². The summed E-state index contributed by atoms with van der Waals surface area (Å²) in [7, 11) is 0. The highest BCUT2D eigenvalue weighted by Crippen LogP contribution is 2.31. The normalized spacial score (nSPS) is 39.2. The van der Waals surface area contributed by atoms with Gasteiger partial charge >= 0.3 is 0 Å². The van der Waals surface area contributed by atoms with Crippen molar-refractivity contribution in [2.24, 2.45) is 11.8 Å². The molecule has 17 heavy (non-hydrogen) atoms. The van der Waals surface area contributed by atoms with E-state index in [1.807, 2.05) is 0 Å². The molecule has 0 spiro atoms. The molecule has 2 saturated carbocycles. The van der Waals surface area contributed by atoms with E-state index in [-0.39, 0.29) is 0 Å².